The Hall–Kier alpha value is -3.84. The first-order chi connectivity index (χ1) is 16.7. The van der Waals surface area contributed by atoms with E-state index in [9.17, 15) is 48.0 Å². The first-order valence-electron chi connectivity index (χ1n) is 10.7. The van der Waals surface area contributed by atoms with Gasteiger partial charge in [0.15, 0.2) is 17.2 Å². The van der Waals surface area contributed by atoms with Gasteiger partial charge in [-0.2, -0.15) is 8.78 Å². The van der Waals surface area contributed by atoms with Crippen LogP contribution in [0.5, 0.6) is 5.75 Å². The van der Waals surface area contributed by atoms with Crippen molar-refractivity contribution in [2.45, 2.75) is 24.5 Å². The van der Waals surface area contributed by atoms with Gasteiger partial charge >= 0.3 is 6.08 Å². The lowest BCUT2D eigenvalue weighted by Crippen LogP contribution is -2.63. The zero-order chi connectivity index (χ0) is 27.0. The molecule has 36 heavy (non-hydrogen) atoms. The fourth-order valence-electron chi connectivity index (χ4n) is 5.64. The molecule has 0 bridgehead atoms. The fourth-order valence-corrected chi connectivity index (χ4v) is 5.64. The number of rotatable bonds is 3. The number of anilines is 1. The monoisotopic (exact) mass is 509 g/mol. The third-order valence-corrected chi connectivity index (χ3v) is 7.15. The van der Waals surface area contributed by atoms with Gasteiger partial charge in [-0.05, 0) is 44.5 Å². The standard InChI is InChI=1S/C23H22F3N3O7/c1-29(2)15-9-4-6-3-7-8(14(24)21(25)26)5-10(27)16(30)12(7)17(31)11(6)19(33)23(9,36)20(34)13(18(15)32)22(28)35/h5-6,9,15,30,32-33,36H,3-4,27H2,1-2H3,(H2,28,35)/t6-,9-,15-,23-/m0/s1. The molecule has 10 nitrogen and oxygen atoms in total. The van der Waals surface area contributed by atoms with Crippen molar-refractivity contribution in [3.05, 3.63) is 51.5 Å². The van der Waals surface area contributed by atoms with Crippen molar-refractivity contribution in [2.24, 2.45) is 17.6 Å². The van der Waals surface area contributed by atoms with Crippen molar-refractivity contribution in [1.82, 2.24) is 4.90 Å². The predicted molar refractivity (Wildman–Crippen MR) is 118 cm³/mol. The van der Waals surface area contributed by atoms with Gasteiger partial charge in [-0.15, -0.1) is 0 Å². The molecule has 0 unspecified atom stereocenters. The van der Waals surface area contributed by atoms with Crippen LogP contribution in [0.1, 0.15) is 27.9 Å². The number of phenolic OH excluding ortho intramolecular Hbond substituents is 1. The largest absolute Gasteiger partial charge is 0.510 e. The van der Waals surface area contributed by atoms with Crippen LogP contribution in [0.15, 0.2) is 34.8 Å². The molecular formula is C23H22F3N3O7. The Morgan fingerprint density at radius 3 is 2.31 bits per heavy atom. The Labute approximate surface area is 201 Å². The van der Waals surface area contributed by atoms with Gasteiger partial charge in [0, 0.05) is 17.1 Å². The molecule has 1 amide bonds. The lowest BCUT2D eigenvalue weighted by atomic mass is 9.58. The predicted octanol–water partition coefficient (Wildman–Crippen LogP) is 1.24. The third-order valence-electron chi connectivity index (χ3n) is 7.15. The van der Waals surface area contributed by atoms with E-state index in [2.05, 4.69) is 0 Å². The Morgan fingerprint density at radius 2 is 1.78 bits per heavy atom. The lowest BCUT2D eigenvalue weighted by molar-refractivity contribution is -0.148. The Balaban J connectivity index is 2.01. The molecule has 3 aliphatic carbocycles. The Morgan fingerprint density at radius 1 is 1.17 bits per heavy atom. The Bertz CT molecular complexity index is 1350. The number of fused-ring (bicyclic) bond motifs is 3. The number of Topliss-reactive ketones (excluding diaryl/α,β-unsaturated/α-hetero) is 2. The van der Waals surface area contributed by atoms with Crippen LogP contribution in [-0.2, 0) is 16.0 Å². The number of carbonyl (C=O) groups excluding carboxylic acids is 3. The molecule has 192 valence electrons. The topological polar surface area (TPSA) is 187 Å². The van der Waals surface area contributed by atoms with Gasteiger partial charge in [0.1, 0.15) is 22.8 Å². The molecule has 0 radical (unpaired) electrons. The van der Waals surface area contributed by atoms with E-state index in [0.717, 1.165) is 6.07 Å². The molecule has 0 saturated heterocycles. The number of likely N-dealkylation sites (N-methyl/N-ethyl adjacent to an activating group) is 1. The van der Waals surface area contributed by atoms with Crippen molar-refractivity contribution in [1.29, 1.82) is 0 Å². The van der Waals surface area contributed by atoms with E-state index >= 15 is 0 Å². The van der Waals surface area contributed by atoms with Crippen LogP contribution in [0.3, 0.4) is 0 Å². The molecule has 0 aromatic heterocycles. The molecule has 0 fully saturated rings. The van der Waals surface area contributed by atoms with Crippen LogP contribution in [0.25, 0.3) is 5.83 Å². The van der Waals surface area contributed by atoms with E-state index in [1.54, 1.807) is 0 Å². The van der Waals surface area contributed by atoms with E-state index in [0.29, 0.717) is 0 Å². The quantitative estimate of drug-likeness (QED) is 0.198. The number of nitrogens with zero attached hydrogens (tertiary/aromatic N) is 1. The molecule has 13 heteroatoms. The highest BCUT2D eigenvalue weighted by molar-refractivity contribution is 6.25. The third kappa shape index (κ3) is 3.15. The number of aliphatic hydroxyl groups excluding tert-OH is 2. The number of hydrogen-bond donors (Lipinski definition) is 6. The van der Waals surface area contributed by atoms with Crippen molar-refractivity contribution in [2.75, 3.05) is 19.8 Å². The molecular weight excluding hydrogens is 487 g/mol. The lowest BCUT2D eigenvalue weighted by Gasteiger charge is -2.50. The maximum atomic E-state index is 14.3. The number of aliphatic hydroxyl groups is 3. The van der Waals surface area contributed by atoms with Gasteiger partial charge in [0.25, 0.3) is 5.91 Å². The number of allylic oxidation sites excluding steroid dienone is 1. The second-order valence-corrected chi connectivity index (χ2v) is 9.25. The zero-order valence-corrected chi connectivity index (χ0v) is 19.0. The average molecular weight is 509 g/mol. The number of nitrogen functional groups attached to an aromatic ring is 1. The highest BCUT2D eigenvalue weighted by Gasteiger charge is 2.63. The molecule has 0 aliphatic heterocycles. The number of aromatic hydroxyl groups is 1. The number of benzene rings is 1. The van der Waals surface area contributed by atoms with Crippen molar-refractivity contribution in [3.63, 3.8) is 0 Å². The molecule has 1 aromatic carbocycles. The smallest absolute Gasteiger partial charge is 0.306 e. The summed E-state index contributed by atoms with van der Waals surface area (Å²) in [5, 5.41) is 43.7. The number of ketones is 2. The summed E-state index contributed by atoms with van der Waals surface area (Å²) in [6.07, 6.45) is -3.32. The van der Waals surface area contributed by atoms with Gasteiger partial charge in [-0.3, -0.25) is 19.3 Å². The summed E-state index contributed by atoms with van der Waals surface area (Å²) >= 11 is 0. The fraction of sp³-hybridized carbons (Fsp3) is 0.348. The highest BCUT2D eigenvalue weighted by atomic mass is 19.3. The van der Waals surface area contributed by atoms with Gasteiger partial charge < -0.3 is 31.9 Å². The molecule has 8 N–H and O–H groups in total. The maximum absolute atomic E-state index is 14.3. The minimum absolute atomic E-state index is 0.278. The Kier molecular flexibility index (Phi) is 5.68. The van der Waals surface area contributed by atoms with Crippen molar-refractivity contribution >= 4 is 29.0 Å². The number of amides is 1. The van der Waals surface area contributed by atoms with Crippen LogP contribution >= 0.6 is 0 Å². The highest BCUT2D eigenvalue weighted by Crippen LogP contribution is 2.53. The molecule has 0 heterocycles. The minimum atomic E-state index is -2.86. The summed E-state index contributed by atoms with van der Waals surface area (Å²) in [6, 6.07) is -0.473. The SMILES string of the molecule is CN(C)[C@@H]1C(O)=C(C(N)=O)C(=O)[C@@]2(O)C(O)=C3C(=O)c4c(O)c(N)cc(C(F)=C(F)F)c4C[C@H]3C[C@@H]12. The zero-order valence-electron chi connectivity index (χ0n) is 19.0. The molecule has 0 spiro atoms. The second-order valence-electron chi connectivity index (χ2n) is 9.25. The van der Waals surface area contributed by atoms with Gasteiger partial charge in [0.2, 0.25) is 5.78 Å². The van der Waals surface area contributed by atoms with Crippen LogP contribution in [0.4, 0.5) is 18.9 Å². The molecule has 0 saturated carbocycles. The number of hydrogen-bond acceptors (Lipinski definition) is 9. The van der Waals surface area contributed by atoms with Gasteiger partial charge in [-0.25, -0.2) is 4.39 Å². The van der Waals surface area contributed by atoms with Crippen LogP contribution in [0, 0.1) is 11.8 Å². The van der Waals surface area contributed by atoms with E-state index in [1.807, 2.05) is 0 Å². The number of primary amides is 1. The molecule has 4 atom stereocenters. The van der Waals surface area contributed by atoms with Crippen molar-refractivity contribution < 1.29 is 48.0 Å². The van der Waals surface area contributed by atoms with E-state index in [1.165, 1.54) is 19.0 Å². The second kappa shape index (κ2) is 8.10. The maximum Gasteiger partial charge on any atom is 0.306 e. The number of halogens is 3. The molecule has 4 rings (SSSR count). The van der Waals surface area contributed by atoms with Gasteiger partial charge in [0.05, 0.1) is 17.3 Å². The number of carbonyl (C=O) groups is 3. The summed E-state index contributed by atoms with van der Waals surface area (Å²) in [6.45, 7) is 0. The van der Waals surface area contributed by atoms with Crippen LogP contribution < -0.4 is 11.5 Å². The minimum Gasteiger partial charge on any atom is -0.510 e. The van der Waals surface area contributed by atoms with Crippen LogP contribution in [0.2, 0.25) is 0 Å². The average Bonchev–Trinajstić information content (AvgIpc) is 2.77. The van der Waals surface area contributed by atoms with E-state index in [-0.39, 0.29) is 18.4 Å². The summed E-state index contributed by atoms with van der Waals surface area (Å²) in [4.78, 5) is 39.9. The first kappa shape index (κ1) is 25.3. The summed E-state index contributed by atoms with van der Waals surface area (Å²) in [5.41, 5.74) is 4.22. The number of phenols is 1. The first-order valence-corrected chi connectivity index (χ1v) is 10.7. The van der Waals surface area contributed by atoms with Crippen LogP contribution in [-0.4, -0.2) is 68.5 Å². The molecule has 1 aromatic rings. The normalized spacial score (nSPS) is 27.6. The number of nitrogens with two attached hydrogens (primary N) is 2. The molecule has 3 aliphatic rings. The van der Waals surface area contributed by atoms with Gasteiger partial charge in [-0.1, -0.05) is 0 Å². The van der Waals surface area contributed by atoms with Crippen molar-refractivity contribution in [3.8, 4) is 5.75 Å². The summed E-state index contributed by atoms with van der Waals surface area (Å²) in [7, 11) is 2.91. The summed E-state index contributed by atoms with van der Waals surface area (Å²) in [5.74, 6) is -11.0. The van der Waals surface area contributed by atoms with E-state index < -0.39 is 98.1 Å². The van der Waals surface area contributed by atoms with E-state index in [4.69, 9.17) is 11.5 Å². The summed E-state index contributed by atoms with van der Waals surface area (Å²) < 4.78 is 40.6.